The van der Waals surface area contributed by atoms with Gasteiger partial charge in [-0.05, 0) is 53.1 Å². The number of sulfonamides is 1. The monoisotopic (exact) mass is 620 g/mol. The van der Waals surface area contributed by atoms with Crippen LogP contribution in [0.2, 0.25) is 0 Å². The predicted octanol–water partition coefficient (Wildman–Crippen LogP) is 5.39. The van der Waals surface area contributed by atoms with Crippen LogP contribution in [0.15, 0.2) is 91.5 Å². The number of H-pyrrole nitrogens is 2. The molecule has 0 radical (unpaired) electrons. The molecule has 224 valence electrons. The summed E-state index contributed by atoms with van der Waals surface area (Å²) in [5.74, 6) is 0.608. The smallest absolute Gasteiger partial charge is 0.209 e. The lowest BCUT2D eigenvalue weighted by molar-refractivity contribution is 0.305. The van der Waals surface area contributed by atoms with E-state index in [0.29, 0.717) is 57.4 Å². The van der Waals surface area contributed by atoms with Crippen LogP contribution in [-0.2, 0) is 23.2 Å². The summed E-state index contributed by atoms with van der Waals surface area (Å²) in [5, 5.41) is 8.12. The Kier molecular flexibility index (Phi) is 7.23. The summed E-state index contributed by atoms with van der Waals surface area (Å²) in [6.45, 7) is 0.380. The Morgan fingerprint density at radius 1 is 0.889 bits per heavy atom. The lowest BCUT2D eigenvalue weighted by Gasteiger charge is -2.08. The van der Waals surface area contributed by atoms with E-state index >= 15 is 0 Å². The average molecular weight is 621 g/mol. The molecule has 0 aliphatic rings. The van der Waals surface area contributed by atoms with E-state index in [2.05, 4.69) is 34.9 Å². The highest BCUT2D eigenvalue weighted by atomic mass is 32.2. The van der Waals surface area contributed by atoms with Crippen molar-refractivity contribution in [2.24, 2.45) is 0 Å². The maximum Gasteiger partial charge on any atom is 0.209 e. The molecule has 0 atom stereocenters. The lowest BCUT2D eigenvalue weighted by Crippen LogP contribution is -2.21. The van der Waals surface area contributed by atoms with Gasteiger partial charge in [0.1, 0.15) is 23.9 Å². The molecule has 0 unspecified atom stereocenters. The topological polar surface area (TPSA) is 151 Å². The molecule has 5 aromatic heterocycles. The van der Waals surface area contributed by atoms with Crippen LogP contribution in [0, 0.1) is 5.82 Å². The Balaban J connectivity index is 1.22. The van der Waals surface area contributed by atoms with Gasteiger partial charge in [0, 0.05) is 41.8 Å². The molecule has 5 heterocycles. The molecule has 2 aromatic carbocycles. The fraction of sp³-hybridized carbons (Fsp3) is 0.0938. The summed E-state index contributed by atoms with van der Waals surface area (Å²) in [6, 6.07) is 19.9. The van der Waals surface area contributed by atoms with Gasteiger partial charge in [-0.25, -0.2) is 32.5 Å². The minimum absolute atomic E-state index is 0.0426. The first kappa shape index (κ1) is 28.3. The van der Waals surface area contributed by atoms with Gasteiger partial charge in [0.15, 0.2) is 17.1 Å². The number of pyridine rings is 3. The summed E-state index contributed by atoms with van der Waals surface area (Å²) in [5.41, 5.74) is 6.46. The zero-order valence-corrected chi connectivity index (χ0v) is 24.6. The van der Waals surface area contributed by atoms with Gasteiger partial charge in [-0.1, -0.05) is 30.3 Å². The quantitative estimate of drug-likeness (QED) is 0.194. The van der Waals surface area contributed by atoms with Gasteiger partial charge in [0.2, 0.25) is 10.0 Å². The molecular weight excluding hydrogens is 595 g/mol. The van der Waals surface area contributed by atoms with Gasteiger partial charge < -0.3 is 9.72 Å². The highest BCUT2D eigenvalue weighted by Crippen LogP contribution is 2.33. The van der Waals surface area contributed by atoms with Crippen molar-refractivity contribution in [3.8, 4) is 39.5 Å². The second kappa shape index (κ2) is 11.5. The van der Waals surface area contributed by atoms with Gasteiger partial charge in [0.25, 0.3) is 0 Å². The van der Waals surface area contributed by atoms with Crippen LogP contribution in [0.3, 0.4) is 0 Å². The van der Waals surface area contributed by atoms with E-state index in [1.165, 1.54) is 12.1 Å². The molecule has 7 rings (SSSR count). The largest absolute Gasteiger partial charge is 0.487 e. The predicted molar refractivity (Wildman–Crippen MR) is 168 cm³/mol. The van der Waals surface area contributed by atoms with Crippen LogP contribution in [0.4, 0.5) is 4.39 Å². The molecule has 13 heteroatoms. The Hall–Kier alpha value is -5.53. The first-order valence-electron chi connectivity index (χ1n) is 13.8. The highest BCUT2D eigenvalue weighted by molar-refractivity contribution is 7.88. The molecule has 0 spiro atoms. The standard InChI is InChI=1S/C32H25FN8O3S/c1-45(42,43)37-14-20-9-21(11-24(33)10-20)26-7-8-35-31-28(26)38-32(39-31)29-27-13-23(16-36-30(27)41-40-29)22-12-25(17-34-15-22)44-18-19-5-3-2-4-6-19/h2-13,15-17,37H,14,18H2,1H3,(H,35,38,39)(H,36,40,41). The van der Waals surface area contributed by atoms with Crippen LogP contribution in [0.1, 0.15) is 11.1 Å². The van der Waals surface area contributed by atoms with E-state index < -0.39 is 15.8 Å². The Labute approximate surface area is 256 Å². The van der Waals surface area contributed by atoms with Crippen molar-refractivity contribution in [3.63, 3.8) is 0 Å². The maximum atomic E-state index is 14.6. The number of benzene rings is 2. The van der Waals surface area contributed by atoms with Crippen molar-refractivity contribution in [3.05, 3.63) is 108 Å². The van der Waals surface area contributed by atoms with Crippen molar-refractivity contribution < 1.29 is 17.5 Å². The number of aromatic nitrogens is 7. The average Bonchev–Trinajstić information content (AvgIpc) is 3.67. The highest BCUT2D eigenvalue weighted by Gasteiger charge is 2.17. The van der Waals surface area contributed by atoms with Gasteiger partial charge in [-0.2, -0.15) is 5.10 Å². The molecule has 3 N–H and O–H groups in total. The maximum absolute atomic E-state index is 14.6. The number of hydrogen-bond acceptors (Lipinski definition) is 8. The number of rotatable bonds is 9. The van der Waals surface area contributed by atoms with Gasteiger partial charge in [0.05, 0.1) is 23.4 Å². The van der Waals surface area contributed by atoms with Gasteiger partial charge in [-0.3, -0.25) is 10.1 Å². The summed E-state index contributed by atoms with van der Waals surface area (Å²) >= 11 is 0. The fourth-order valence-corrected chi connectivity index (χ4v) is 5.46. The van der Waals surface area contributed by atoms with Crippen LogP contribution < -0.4 is 9.46 Å². The third kappa shape index (κ3) is 6.12. The van der Waals surface area contributed by atoms with E-state index in [4.69, 9.17) is 9.72 Å². The number of hydrogen-bond donors (Lipinski definition) is 3. The van der Waals surface area contributed by atoms with Gasteiger partial charge in [-0.15, -0.1) is 0 Å². The van der Waals surface area contributed by atoms with E-state index in [1.807, 2.05) is 42.5 Å². The molecule has 7 aromatic rings. The summed E-state index contributed by atoms with van der Waals surface area (Å²) < 4.78 is 46.1. The molecule has 0 fully saturated rings. The first-order chi connectivity index (χ1) is 21.8. The molecule has 0 aliphatic heterocycles. The van der Waals surface area contributed by atoms with Crippen molar-refractivity contribution in [1.29, 1.82) is 0 Å². The normalized spacial score (nSPS) is 11.8. The summed E-state index contributed by atoms with van der Waals surface area (Å²) in [7, 11) is -3.45. The Bertz CT molecular complexity index is 2290. The number of aromatic amines is 2. The second-order valence-electron chi connectivity index (χ2n) is 10.5. The first-order valence-corrected chi connectivity index (χ1v) is 15.7. The zero-order valence-electron chi connectivity index (χ0n) is 23.8. The number of nitrogens with one attached hydrogen (secondary N) is 3. The Morgan fingerprint density at radius 3 is 2.58 bits per heavy atom. The third-order valence-corrected chi connectivity index (χ3v) is 7.81. The Morgan fingerprint density at radius 2 is 1.73 bits per heavy atom. The van der Waals surface area contributed by atoms with Crippen molar-refractivity contribution in [2.75, 3.05) is 6.26 Å². The number of nitrogens with zero attached hydrogens (tertiary/aromatic N) is 5. The lowest BCUT2D eigenvalue weighted by atomic mass is 10.0. The molecule has 0 saturated heterocycles. The second-order valence-corrected chi connectivity index (χ2v) is 12.3. The minimum Gasteiger partial charge on any atom is -0.487 e. The number of imidazole rings is 1. The van der Waals surface area contributed by atoms with E-state index in [0.717, 1.165) is 28.3 Å². The number of halogens is 1. The van der Waals surface area contributed by atoms with Crippen molar-refractivity contribution in [1.82, 2.24) is 39.8 Å². The molecular formula is C32H25FN8O3S. The van der Waals surface area contributed by atoms with E-state index in [9.17, 15) is 12.8 Å². The number of fused-ring (bicyclic) bond motifs is 2. The molecule has 0 bridgehead atoms. The van der Waals surface area contributed by atoms with Crippen molar-refractivity contribution in [2.45, 2.75) is 13.2 Å². The van der Waals surface area contributed by atoms with Crippen LogP contribution in [0.25, 0.3) is 56.0 Å². The van der Waals surface area contributed by atoms with Crippen LogP contribution in [0.5, 0.6) is 5.75 Å². The molecule has 0 aliphatic carbocycles. The fourth-order valence-electron chi connectivity index (χ4n) is 5.03. The molecule has 45 heavy (non-hydrogen) atoms. The van der Waals surface area contributed by atoms with Crippen LogP contribution in [-0.4, -0.2) is 49.8 Å². The van der Waals surface area contributed by atoms with E-state index in [-0.39, 0.29) is 6.54 Å². The van der Waals surface area contributed by atoms with Gasteiger partial charge >= 0.3 is 0 Å². The number of ether oxygens (including phenoxy) is 1. The zero-order chi connectivity index (χ0) is 31.0. The molecule has 11 nitrogen and oxygen atoms in total. The SMILES string of the molecule is CS(=O)(=O)NCc1cc(F)cc(-c2ccnc3nc(-c4[nH]nc5ncc(-c6cncc(OCc7ccccc7)c6)cc45)[nH]c23)c1. The van der Waals surface area contributed by atoms with Crippen LogP contribution >= 0.6 is 0 Å². The van der Waals surface area contributed by atoms with Crippen molar-refractivity contribution >= 4 is 32.2 Å². The third-order valence-electron chi connectivity index (χ3n) is 7.14. The summed E-state index contributed by atoms with van der Waals surface area (Å²) in [4.78, 5) is 21.3. The molecule has 0 saturated carbocycles. The molecule has 0 amide bonds. The summed E-state index contributed by atoms with van der Waals surface area (Å²) in [6.07, 6.45) is 7.78. The minimum atomic E-state index is -3.45. The van der Waals surface area contributed by atoms with E-state index in [1.54, 1.807) is 36.9 Å².